The van der Waals surface area contributed by atoms with Crippen LogP contribution in [-0.2, 0) is 14.3 Å². The minimum absolute atomic E-state index is 0.708. The van der Waals surface area contributed by atoms with Gasteiger partial charge in [-0.15, -0.1) is 0 Å². The number of nitrogens with two attached hydrogens (primary N) is 1. The fourth-order valence-electron chi connectivity index (χ4n) is 0.494. The Morgan fingerprint density at radius 1 is 1.55 bits per heavy atom. The molecule has 0 saturated carbocycles. The molecule has 0 aliphatic rings. The fraction of sp³-hybridized carbons (Fsp3) is 0.667. The van der Waals surface area contributed by atoms with Crippen molar-refractivity contribution in [1.29, 1.82) is 0 Å². The van der Waals surface area contributed by atoms with Crippen LogP contribution in [0.15, 0.2) is 0 Å². The second-order valence-electron chi connectivity index (χ2n) is 2.18. The van der Waals surface area contributed by atoms with Gasteiger partial charge >= 0.3 is 11.9 Å². The third kappa shape index (κ3) is 2.55. The summed E-state index contributed by atoms with van der Waals surface area (Å²) >= 11 is 0. The van der Waals surface area contributed by atoms with E-state index in [-0.39, 0.29) is 0 Å². The van der Waals surface area contributed by atoms with Crippen LogP contribution in [0.2, 0.25) is 0 Å². The molecule has 0 fully saturated rings. The average molecular weight is 161 g/mol. The van der Waals surface area contributed by atoms with Crippen LogP contribution < -0.4 is 5.73 Å². The number of ether oxygens (including phenoxy) is 1. The zero-order valence-electron chi connectivity index (χ0n) is 6.40. The lowest BCUT2D eigenvalue weighted by molar-refractivity contribution is -0.151. The number of methoxy groups -OCH3 is 1. The lowest BCUT2D eigenvalue weighted by Crippen LogP contribution is -2.41. The van der Waals surface area contributed by atoms with Gasteiger partial charge in [0.05, 0.1) is 13.0 Å². The summed E-state index contributed by atoms with van der Waals surface area (Å²) in [4.78, 5) is 20.9. The molecule has 0 aromatic rings. The molecule has 5 nitrogen and oxygen atoms in total. The summed E-state index contributed by atoms with van der Waals surface area (Å²) in [5.41, 5.74) is 5.22. The highest BCUT2D eigenvalue weighted by Crippen LogP contribution is 2.01. The molecule has 0 heterocycles. The van der Waals surface area contributed by atoms with E-state index in [9.17, 15) is 9.59 Å². The molecular weight excluding hydrogens is 150 g/mol. The summed E-state index contributed by atoms with van der Waals surface area (Å²) in [5, 5.41) is 8.41. The minimum atomic E-state index is -1.11. The Morgan fingerprint density at radius 3 is 2.27 bits per heavy atom. The van der Waals surface area contributed by atoms with Crippen molar-refractivity contribution in [1.82, 2.24) is 0 Å². The largest absolute Gasteiger partial charge is 0.481 e. The van der Waals surface area contributed by atoms with Crippen molar-refractivity contribution in [3.8, 4) is 0 Å². The lowest BCUT2D eigenvalue weighted by atomic mass is 10.0. The molecular formula is C6H11NO4. The molecule has 5 heteroatoms. The number of carboxylic acids is 1. The van der Waals surface area contributed by atoms with E-state index >= 15 is 0 Å². The van der Waals surface area contributed by atoms with E-state index in [1.54, 1.807) is 0 Å². The van der Waals surface area contributed by atoms with Crippen LogP contribution in [-0.4, -0.2) is 30.2 Å². The predicted octanol–water partition coefficient (Wildman–Crippen LogP) is -0.793. The molecule has 0 bridgehead atoms. The van der Waals surface area contributed by atoms with Crippen LogP contribution in [0.5, 0.6) is 0 Å². The maximum absolute atomic E-state index is 10.6. The first kappa shape index (κ1) is 9.90. The average Bonchev–Trinajstić information content (AvgIpc) is 2.00. The van der Waals surface area contributed by atoms with Gasteiger partial charge in [-0.25, -0.2) is 0 Å². The Labute approximate surface area is 64.1 Å². The van der Waals surface area contributed by atoms with E-state index in [4.69, 9.17) is 10.8 Å². The first-order chi connectivity index (χ1) is 5.00. The van der Waals surface area contributed by atoms with Gasteiger partial charge in [0.25, 0.3) is 0 Å². The van der Waals surface area contributed by atoms with Gasteiger partial charge in [0.15, 0.2) is 0 Å². The molecule has 0 spiro atoms. The second-order valence-corrected chi connectivity index (χ2v) is 2.18. The quantitative estimate of drug-likeness (QED) is 0.529. The van der Waals surface area contributed by atoms with Crippen molar-refractivity contribution in [3.63, 3.8) is 0 Å². The van der Waals surface area contributed by atoms with Crippen molar-refractivity contribution in [2.75, 3.05) is 7.11 Å². The summed E-state index contributed by atoms with van der Waals surface area (Å²) < 4.78 is 4.26. The van der Waals surface area contributed by atoms with Crippen LogP contribution in [0.1, 0.15) is 6.92 Å². The zero-order valence-corrected chi connectivity index (χ0v) is 6.40. The fourth-order valence-corrected chi connectivity index (χ4v) is 0.494. The van der Waals surface area contributed by atoms with E-state index in [0.717, 1.165) is 7.11 Å². The highest BCUT2D eigenvalue weighted by molar-refractivity contribution is 5.83. The number of rotatable bonds is 3. The van der Waals surface area contributed by atoms with Gasteiger partial charge in [0.2, 0.25) is 0 Å². The number of hydrogen-bond donors (Lipinski definition) is 2. The van der Waals surface area contributed by atoms with Crippen LogP contribution in [0.3, 0.4) is 0 Å². The number of carbonyl (C=O) groups excluding carboxylic acids is 1. The first-order valence-corrected chi connectivity index (χ1v) is 3.07. The molecule has 0 aliphatic heterocycles. The summed E-state index contributed by atoms with van der Waals surface area (Å²) in [7, 11) is 1.16. The molecule has 2 atom stereocenters. The molecule has 0 saturated heterocycles. The highest BCUT2D eigenvalue weighted by atomic mass is 16.5. The highest BCUT2D eigenvalue weighted by Gasteiger charge is 2.26. The number of aliphatic carboxylic acids is 1. The van der Waals surface area contributed by atoms with E-state index in [1.807, 2.05) is 0 Å². The third-order valence-electron chi connectivity index (χ3n) is 1.40. The minimum Gasteiger partial charge on any atom is -0.481 e. The SMILES string of the molecule is COC(=O)C(N)C(C)C(=O)O. The van der Waals surface area contributed by atoms with Gasteiger partial charge < -0.3 is 15.6 Å². The van der Waals surface area contributed by atoms with Crippen LogP contribution in [0.4, 0.5) is 0 Å². The summed E-state index contributed by atoms with van der Waals surface area (Å²) in [6, 6.07) is -1.09. The van der Waals surface area contributed by atoms with E-state index in [0.29, 0.717) is 0 Å². The molecule has 0 aromatic heterocycles. The van der Waals surface area contributed by atoms with E-state index in [2.05, 4.69) is 4.74 Å². The Morgan fingerprint density at radius 2 is 2.00 bits per heavy atom. The van der Waals surface area contributed by atoms with Crippen molar-refractivity contribution in [2.24, 2.45) is 11.7 Å². The van der Waals surface area contributed by atoms with Crippen LogP contribution >= 0.6 is 0 Å². The molecule has 0 rings (SSSR count). The van der Waals surface area contributed by atoms with E-state index < -0.39 is 23.9 Å². The van der Waals surface area contributed by atoms with Crippen LogP contribution in [0, 0.1) is 5.92 Å². The normalized spacial score (nSPS) is 15.2. The maximum Gasteiger partial charge on any atom is 0.323 e. The predicted molar refractivity (Wildman–Crippen MR) is 36.8 cm³/mol. The summed E-state index contributed by atoms with van der Waals surface area (Å²) in [5.74, 6) is -2.73. The Hall–Kier alpha value is -1.10. The van der Waals surface area contributed by atoms with Gasteiger partial charge in [-0.05, 0) is 6.92 Å². The number of carboxylic acid groups (broad SMARTS) is 1. The summed E-state index contributed by atoms with van der Waals surface area (Å²) in [6.45, 7) is 1.35. The monoisotopic (exact) mass is 161 g/mol. The van der Waals surface area contributed by atoms with Crippen molar-refractivity contribution >= 4 is 11.9 Å². The van der Waals surface area contributed by atoms with Crippen molar-refractivity contribution in [2.45, 2.75) is 13.0 Å². The van der Waals surface area contributed by atoms with Gasteiger partial charge in [0, 0.05) is 0 Å². The molecule has 0 aromatic carbocycles. The topological polar surface area (TPSA) is 89.6 Å². The Balaban J connectivity index is 4.12. The smallest absolute Gasteiger partial charge is 0.323 e. The standard InChI is InChI=1S/C6H11NO4/c1-3(5(8)9)4(7)6(10)11-2/h3-4H,7H2,1-2H3,(H,8,9). The molecule has 64 valence electrons. The van der Waals surface area contributed by atoms with Gasteiger partial charge in [-0.1, -0.05) is 0 Å². The molecule has 0 radical (unpaired) electrons. The molecule has 2 unspecified atom stereocenters. The van der Waals surface area contributed by atoms with Gasteiger partial charge in [-0.3, -0.25) is 9.59 Å². The Kier molecular flexibility index (Phi) is 3.53. The van der Waals surface area contributed by atoms with Crippen molar-refractivity contribution < 1.29 is 19.4 Å². The van der Waals surface area contributed by atoms with Gasteiger partial charge in [0.1, 0.15) is 6.04 Å². The first-order valence-electron chi connectivity index (χ1n) is 3.07. The second kappa shape index (κ2) is 3.92. The molecule has 0 amide bonds. The Bertz CT molecular complexity index is 168. The molecule has 3 N–H and O–H groups in total. The maximum atomic E-state index is 10.6. The van der Waals surface area contributed by atoms with Gasteiger partial charge in [-0.2, -0.15) is 0 Å². The third-order valence-corrected chi connectivity index (χ3v) is 1.40. The number of hydrogen-bond acceptors (Lipinski definition) is 4. The summed E-state index contributed by atoms with van der Waals surface area (Å²) in [6.07, 6.45) is 0. The van der Waals surface area contributed by atoms with E-state index in [1.165, 1.54) is 6.92 Å². The number of esters is 1. The zero-order chi connectivity index (χ0) is 9.02. The lowest BCUT2D eigenvalue weighted by Gasteiger charge is -2.12. The molecule has 0 aliphatic carbocycles. The van der Waals surface area contributed by atoms with Crippen molar-refractivity contribution in [3.05, 3.63) is 0 Å². The number of carbonyl (C=O) groups is 2. The molecule has 11 heavy (non-hydrogen) atoms. The van der Waals surface area contributed by atoms with Crippen LogP contribution in [0.25, 0.3) is 0 Å².